The largest absolute Gasteiger partial charge is 1.00 e. The topological polar surface area (TPSA) is 200 Å². The number of hydrogen-bond donors (Lipinski definition) is 3. The molecule has 0 amide bonds. The third kappa shape index (κ3) is 13.4. The Kier molecular flexibility index (Phi) is 21.5. The number of carboxylic acid groups (broad SMARTS) is 3. The fourth-order valence-corrected chi connectivity index (χ4v) is 2.25. The third-order valence-electron chi connectivity index (χ3n) is 3.95. The minimum absolute atomic E-state index is 0. The molecule has 11 nitrogen and oxygen atoms in total. The van der Waals surface area contributed by atoms with Crippen LogP contribution >= 0.6 is 0 Å². The van der Waals surface area contributed by atoms with Crippen LogP contribution in [0.4, 0.5) is 0 Å². The summed E-state index contributed by atoms with van der Waals surface area (Å²) in [5, 5.41) is 57.9. The summed E-state index contributed by atoms with van der Waals surface area (Å²) in [5.41, 5.74) is -0.716. The van der Waals surface area contributed by atoms with E-state index in [1.54, 1.807) is 0 Å². The van der Waals surface area contributed by atoms with E-state index in [1.165, 1.54) is 74.9 Å². The maximum Gasteiger partial charge on any atom is 1.00 e. The second-order valence-corrected chi connectivity index (χ2v) is 6.14. The Morgan fingerprint density at radius 3 is 1.16 bits per heavy atom. The van der Waals surface area contributed by atoms with Crippen LogP contribution in [-0.2, 0) is 0 Å². The summed E-state index contributed by atoms with van der Waals surface area (Å²) < 4.78 is 9.52. The summed E-state index contributed by atoms with van der Waals surface area (Å²) in [6.45, 7) is 0. The van der Waals surface area contributed by atoms with Gasteiger partial charge in [0.05, 0.1) is 30.9 Å². The molecule has 0 bridgehead atoms. The Bertz CT molecular complexity index is 1110. The smallest absolute Gasteiger partial charge is 0.872 e. The first-order valence-corrected chi connectivity index (χ1v) is 9.17. The average Bonchev–Trinajstić information content (AvgIpc) is 2.80. The molecular weight excluding hydrogens is 521 g/mol. The van der Waals surface area contributed by atoms with E-state index >= 15 is 0 Å². The normalized spacial score (nSPS) is 8.59. The third-order valence-corrected chi connectivity index (χ3v) is 3.95. The van der Waals surface area contributed by atoms with E-state index in [2.05, 4.69) is 0 Å². The molecule has 0 heterocycles. The van der Waals surface area contributed by atoms with Gasteiger partial charge in [-0.15, -0.1) is 0 Å². The zero-order valence-corrected chi connectivity index (χ0v) is 26.9. The molecule has 0 aliphatic rings. The van der Waals surface area contributed by atoms with E-state index in [0.29, 0.717) is 11.5 Å². The molecule has 0 spiro atoms. The van der Waals surface area contributed by atoms with E-state index in [0.717, 1.165) is 0 Å². The first-order valence-electron chi connectivity index (χ1n) is 9.17. The molecule has 14 heteroatoms. The van der Waals surface area contributed by atoms with Crippen LogP contribution in [0, 0.1) is 0 Å². The van der Waals surface area contributed by atoms with Crippen LogP contribution in [0.5, 0.6) is 28.7 Å². The second-order valence-electron chi connectivity index (χ2n) is 6.14. The van der Waals surface area contributed by atoms with Gasteiger partial charge < -0.3 is 40.1 Å². The number of methoxy groups -OCH3 is 2. The number of ether oxygens (including phenoxy) is 2. The van der Waals surface area contributed by atoms with Crippen LogP contribution in [-0.4, -0.2) is 47.4 Å². The van der Waals surface area contributed by atoms with Gasteiger partial charge in [-0.1, -0.05) is 47.6 Å². The fraction of sp³-hybridized carbons (Fsp3) is 0.0870. The van der Waals surface area contributed by atoms with Gasteiger partial charge in [-0.2, -0.15) is 0 Å². The van der Waals surface area contributed by atoms with Crippen LogP contribution < -0.4 is 113 Å². The Labute approximate surface area is 278 Å². The Balaban J connectivity index is -0.000000452. The maximum atomic E-state index is 10.9. The van der Waals surface area contributed by atoms with Gasteiger partial charge in [-0.25, -0.2) is 14.4 Å². The average molecular weight is 540 g/mol. The van der Waals surface area contributed by atoms with Gasteiger partial charge in [0.2, 0.25) is 0 Å². The van der Waals surface area contributed by atoms with Crippen LogP contribution in [0.15, 0.2) is 60.7 Å². The molecule has 37 heavy (non-hydrogen) atoms. The molecule has 0 saturated carbocycles. The number of benzene rings is 3. The van der Waals surface area contributed by atoms with Crippen molar-refractivity contribution >= 4 is 17.9 Å². The van der Waals surface area contributed by atoms with Crippen LogP contribution in [0.2, 0.25) is 0 Å². The molecule has 0 aromatic heterocycles. The first-order chi connectivity index (χ1) is 16.0. The van der Waals surface area contributed by atoms with Crippen molar-refractivity contribution in [3.63, 3.8) is 0 Å². The minimum atomic E-state index is -1.24. The van der Waals surface area contributed by atoms with Crippen molar-refractivity contribution in [1.29, 1.82) is 0 Å². The maximum absolute atomic E-state index is 10.9. The fourth-order valence-electron chi connectivity index (χ4n) is 2.25. The molecule has 0 aliphatic carbocycles. The molecule has 180 valence electrons. The van der Waals surface area contributed by atoms with Crippen molar-refractivity contribution in [1.82, 2.24) is 0 Å². The molecular formula is C23H19Na3O11. The van der Waals surface area contributed by atoms with Crippen molar-refractivity contribution in [2.24, 2.45) is 0 Å². The van der Waals surface area contributed by atoms with Crippen molar-refractivity contribution < 1.29 is 143 Å². The van der Waals surface area contributed by atoms with Crippen molar-refractivity contribution in [3.8, 4) is 28.7 Å². The SMILES string of the molecule is COc1ccc([O-])c(C(=O)O)c1.COc1ccc([O-])c(C(=O)O)c1.O=C(O)c1ccccc1[O-].[Na+].[Na+].[Na+]. The summed E-state index contributed by atoms with van der Waals surface area (Å²) in [5.74, 6) is -4.39. The zero-order valence-electron chi connectivity index (χ0n) is 20.9. The van der Waals surface area contributed by atoms with E-state index in [-0.39, 0.29) is 105 Å². The molecule has 3 aromatic rings. The molecule has 0 aliphatic heterocycles. The molecule has 3 N–H and O–H groups in total. The van der Waals surface area contributed by atoms with Gasteiger partial charge >= 0.3 is 107 Å². The summed E-state index contributed by atoms with van der Waals surface area (Å²) in [6, 6.07) is 13.1. The van der Waals surface area contributed by atoms with Gasteiger partial charge in [0.15, 0.2) is 0 Å². The van der Waals surface area contributed by atoms with Crippen LogP contribution in [0.1, 0.15) is 31.1 Å². The number of hydrogen-bond acceptors (Lipinski definition) is 8. The molecule has 0 saturated heterocycles. The van der Waals surface area contributed by atoms with E-state index in [1.807, 2.05) is 0 Å². The Hall–Kier alpha value is -1.93. The van der Waals surface area contributed by atoms with Gasteiger partial charge in [0.1, 0.15) is 11.5 Å². The van der Waals surface area contributed by atoms with Gasteiger partial charge in [0.25, 0.3) is 0 Å². The second kappa shape index (κ2) is 20.1. The Morgan fingerprint density at radius 2 is 0.892 bits per heavy atom. The van der Waals surface area contributed by atoms with Crippen molar-refractivity contribution in [3.05, 3.63) is 77.4 Å². The molecule has 3 rings (SSSR count). The molecule has 0 fully saturated rings. The summed E-state index contributed by atoms with van der Waals surface area (Å²) >= 11 is 0. The number of para-hydroxylation sites is 1. The molecule has 3 aromatic carbocycles. The number of carbonyl (C=O) groups is 3. The summed E-state index contributed by atoms with van der Waals surface area (Å²) in [7, 11) is 2.82. The van der Waals surface area contributed by atoms with Crippen molar-refractivity contribution in [2.45, 2.75) is 0 Å². The monoisotopic (exact) mass is 540 g/mol. The summed E-state index contributed by atoms with van der Waals surface area (Å²) in [4.78, 5) is 31.1. The van der Waals surface area contributed by atoms with Crippen molar-refractivity contribution in [2.75, 3.05) is 14.2 Å². The quantitative estimate of drug-likeness (QED) is 0.260. The van der Waals surface area contributed by atoms with Gasteiger partial charge in [-0.3, -0.25) is 0 Å². The number of rotatable bonds is 5. The number of aromatic carboxylic acids is 3. The molecule has 0 radical (unpaired) electrons. The van der Waals surface area contributed by atoms with Crippen LogP contribution in [0.3, 0.4) is 0 Å². The molecule has 0 unspecified atom stereocenters. The predicted octanol–water partition coefficient (Wildman–Crippen LogP) is -7.60. The van der Waals surface area contributed by atoms with Gasteiger partial charge in [0, 0.05) is 0 Å². The number of carboxylic acids is 3. The van der Waals surface area contributed by atoms with Crippen LogP contribution in [0.25, 0.3) is 0 Å². The van der Waals surface area contributed by atoms with E-state index in [9.17, 15) is 29.7 Å². The predicted molar refractivity (Wildman–Crippen MR) is 112 cm³/mol. The summed E-state index contributed by atoms with van der Waals surface area (Å²) in [6.07, 6.45) is 0. The standard InChI is InChI=1S/2C8H8O4.C7H6O3.3Na/c2*1-12-5-2-3-7(9)6(4-5)8(10)11;8-6-4-2-1-3-5(6)7(9)10;;;/h2*2-4,9H,1H3,(H,10,11);1-4,8H,(H,9,10);;;/q;;;3*+1/p-3. The van der Waals surface area contributed by atoms with Gasteiger partial charge in [-0.05, 0) is 30.3 Å². The van der Waals surface area contributed by atoms with E-state index in [4.69, 9.17) is 24.8 Å². The molecule has 0 atom stereocenters. The van der Waals surface area contributed by atoms with E-state index < -0.39 is 35.2 Å². The zero-order chi connectivity index (χ0) is 25.8. The Morgan fingerprint density at radius 1 is 0.568 bits per heavy atom. The first kappa shape index (κ1) is 39.6. The minimum Gasteiger partial charge on any atom is -0.872 e.